The summed E-state index contributed by atoms with van der Waals surface area (Å²) in [6.45, 7) is 4.97. The van der Waals surface area contributed by atoms with Gasteiger partial charge in [0.15, 0.2) is 0 Å². The van der Waals surface area contributed by atoms with Gasteiger partial charge in [0.25, 0.3) is 0 Å². The number of para-hydroxylation sites is 2. The molecular weight excluding hydrogens is 366 g/mol. The average Bonchev–Trinajstić information content (AvgIpc) is 2.76. The summed E-state index contributed by atoms with van der Waals surface area (Å²) >= 11 is 0. The number of morpholine rings is 1. The number of amides is 2. The molecule has 29 heavy (non-hydrogen) atoms. The zero-order valence-electron chi connectivity index (χ0n) is 17.0. The van der Waals surface area contributed by atoms with Crippen LogP contribution in [0.25, 0.3) is 0 Å². The number of benzene rings is 2. The van der Waals surface area contributed by atoms with Crippen molar-refractivity contribution in [1.82, 2.24) is 5.32 Å². The van der Waals surface area contributed by atoms with Gasteiger partial charge in [-0.15, -0.1) is 0 Å². The van der Waals surface area contributed by atoms with Crippen molar-refractivity contribution in [1.29, 1.82) is 0 Å². The van der Waals surface area contributed by atoms with Crippen LogP contribution < -0.4 is 15.1 Å². The Balaban J connectivity index is 1.58. The van der Waals surface area contributed by atoms with Crippen molar-refractivity contribution >= 4 is 23.2 Å². The highest BCUT2D eigenvalue weighted by atomic mass is 16.5. The molecule has 0 unspecified atom stereocenters. The molecule has 2 aromatic carbocycles. The number of anilines is 2. The Morgan fingerprint density at radius 3 is 2.45 bits per heavy atom. The smallest absolute Gasteiger partial charge is 0.240 e. The predicted octanol–water partition coefficient (Wildman–Crippen LogP) is 2.63. The molecule has 0 bridgehead atoms. The summed E-state index contributed by atoms with van der Waals surface area (Å²) in [7, 11) is 0. The maximum Gasteiger partial charge on any atom is 0.240 e. The molecule has 1 N–H and O–H groups in total. The van der Waals surface area contributed by atoms with Crippen molar-refractivity contribution in [3.8, 4) is 0 Å². The molecule has 6 nitrogen and oxygen atoms in total. The first-order valence-electron chi connectivity index (χ1n) is 10.2. The lowest BCUT2D eigenvalue weighted by Gasteiger charge is -2.33. The van der Waals surface area contributed by atoms with Crippen LogP contribution >= 0.6 is 0 Å². The number of carbonyl (C=O) groups excluding carboxylic acids is 2. The molecule has 0 aromatic heterocycles. The summed E-state index contributed by atoms with van der Waals surface area (Å²) < 4.78 is 5.43. The van der Waals surface area contributed by atoms with E-state index in [2.05, 4.69) is 22.3 Å². The summed E-state index contributed by atoms with van der Waals surface area (Å²) in [6.07, 6.45) is 1.78. The summed E-state index contributed by atoms with van der Waals surface area (Å²) in [5, 5.41) is 2.94. The van der Waals surface area contributed by atoms with Gasteiger partial charge in [0.1, 0.15) is 6.54 Å². The lowest BCUT2D eigenvalue weighted by atomic mass is 10.1. The van der Waals surface area contributed by atoms with Gasteiger partial charge in [-0.25, -0.2) is 0 Å². The highest BCUT2D eigenvalue weighted by molar-refractivity contribution is 6.00. The van der Waals surface area contributed by atoms with Crippen molar-refractivity contribution in [2.24, 2.45) is 0 Å². The van der Waals surface area contributed by atoms with Crippen molar-refractivity contribution in [3.05, 3.63) is 60.2 Å². The lowest BCUT2D eigenvalue weighted by molar-refractivity contribution is -0.123. The Labute approximate surface area is 172 Å². The van der Waals surface area contributed by atoms with Crippen LogP contribution in [0.5, 0.6) is 0 Å². The van der Waals surface area contributed by atoms with E-state index >= 15 is 0 Å². The molecule has 2 aromatic rings. The summed E-state index contributed by atoms with van der Waals surface area (Å²) in [5.74, 6) is -0.296. The Morgan fingerprint density at radius 2 is 1.72 bits per heavy atom. The number of aryl methyl sites for hydroxylation is 1. The molecule has 0 aliphatic carbocycles. The van der Waals surface area contributed by atoms with E-state index in [1.807, 2.05) is 42.5 Å². The van der Waals surface area contributed by atoms with Gasteiger partial charge < -0.3 is 19.9 Å². The van der Waals surface area contributed by atoms with Gasteiger partial charge in [-0.1, -0.05) is 42.5 Å². The lowest BCUT2D eigenvalue weighted by Crippen LogP contribution is -2.42. The van der Waals surface area contributed by atoms with Crippen LogP contribution in [0.3, 0.4) is 0 Å². The Morgan fingerprint density at radius 1 is 1.03 bits per heavy atom. The quantitative estimate of drug-likeness (QED) is 0.698. The number of hydrogen-bond donors (Lipinski definition) is 1. The highest BCUT2D eigenvalue weighted by Gasteiger charge is 2.22. The third-order valence-corrected chi connectivity index (χ3v) is 5.01. The van der Waals surface area contributed by atoms with Crippen molar-refractivity contribution in [2.75, 3.05) is 49.2 Å². The SMILES string of the molecule is CC(=O)N(CC(=O)NCCCc1ccccc1)c1ccccc1N1CCOCC1. The maximum atomic E-state index is 12.5. The molecule has 0 radical (unpaired) electrons. The Hall–Kier alpha value is -2.86. The van der Waals surface area contributed by atoms with E-state index < -0.39 is 0 Å². The number of nitrogens with zero attached hydrogens (tertiary/aromatic N) is 2. The second-order valence-corrected chi connectivity index (χ2v) is 7.13. The van der Waals surface area contributed by atoms with E-state index in [9.17, 15) is 9.59 Å². The molecule has 1 heterocycles. The predicted molar refractivity (Wildman–Crippen MR) is 115 cm³/mol. The number of nitrogens with one attached hydrogen (secondary N) is 1. The van der Waals surface area contributed by atoms with Crippen LogP contribution in [0.15, 0.2) is 54.6 Å². The van der Waals surface area contributed by atoms with Gasteiger partial charge in [-0.3, -0.25) is 9.59 Å². The molecule has 1 fully saturated rings. The molecular formula is C23H29N3O3. The summed E-state index contributed by atoms with van der Waals surface area (Å²) in [5.41, 5.74) is 2.98. The van der Waals surface area contributed by atoms with Crippen LogP contribution in [0.1, 0.15) is 18.9 Å². The van der Waals surface area contributed by atoms with Gasteiger partial charge in [-0.05, 0) is 30.5 Å². The van der Waals surface area contributed by atoms with Crippen LogP contribution in [-0.4, -0.2) is 51.2 Å². The van der Waals surface area contributed by atoms with Crippen molar-refractivity contribution in [2.45, 2.75) is 19.8 Å². The second kappa shape index (κ2) is 10.6. The molecule has 0 spiro atoms. The molecule has 1 aliphatic heterocycles. The summed E-state index contributed by atoms with van der Waals surface area (Å²) in [6, 6.07) is 17.9. The molecule has 1 saturated heterocycles. The largest absolute Gasteiger partial charge is 0.378 e. The van der Waals surface area contributed by atoms with E-state index in [-0.39, 0.29) is 18.4 Å². The van der Waals surface area contributed by atoms with Crippen molar-refractivity contribution in [3.63, 3.8) is 0 Å². The molecule has 1 aliphatic rings. The Bertz CT molecular complexity index is 804. The normalized spacial score (nSPS) is 13.8. The minimum Gasteiger partial charge on any atom is -0.378 e. The van der Waals surface area contributed by atoms with Crippen molar-refractivity contribution < 1.29 is 14.3 Å². The second-order valence-electron chi connectivity index (χ2n) is 7.13. The van der Waals surface area contributed by atoms with Crippen LogP contribution in [-0.2, 0) is 20.7 Å². The molecule has 6 heteroatoms. The average molecular weight is 396 g/mol. The van der Waals surface area contributed by atoms with Crippen LogP contribution in [0.2, 0.25) is 0 Å². The fourth-order valence-electron chi connectivity index (χ4n) is 3.49. The van der Waals surface area contributed by atoms with Gasteiger partial charge in [0.2, 0.25) is 11.8 Å². The first-order chi connectivity index (χ1) is 14.1. The van der Waals surface area contributed by atoms with E-state index in [1.54, 1.807) is 4.90 Å². The fourth-order valence-corrected chi connectivity index (χ4v) is 3.49. The number of carbonyl (C=O) groups is 2. The number of hydrogen-bond acceptors (Lipinski definition) is 4. The van der Waals surface area contributed by atoms with E-state index in [4.69, 9.17) is 4.74 Å². The standard InChI is InChI=1S/C23H29N3O3/c1-19(27)26(18-23(28)24-13-7-10-20-8-3-2-4-9-20)22-12-6-5-11-21(22)25-14-16-29-17-15-25/h2-6,8-9,11-12H,7,10,13-18H2,1H3,(H,24,28). The highest BCUT2D eigenvalue weighted by Crippen LogP contribution is 2.30. The van der Waals surface area contributed by atoms with Gasteiger partial charge >= 0.3 is 0 Å². The van der Waals surface area contributed by atoms with E-state index in [0.29, 0.717) is 19.8 Å². The summed E-state index contributed by atoms with van der Waals surface area (Å²) in [4.78, 5) is 28.6. The monoisotopic (exact) mass is 395 g/mol. The van der Waals surface area contributed by atoms with Gasteiger partial charge in [0, 0.05) is 26.6 Å². The number of ether oxygens (including phenoxy) is 1. The third kappa shape index (κ3) is 6.06. The minimum atomic E-state index is -0.148. The first-order valence-corrected chi connectivity index (χ1v) is 10.2. The van der Waals surface area contributed by atoms with E-state index in [0.717, 1.165) is 37.3 Å². The molecule has 154 valence electrons. The minimum absolute atomic E-state index is 0.0159. The zero-order valence-corrected chi connectivity index (χ0v) is 17.0. The topological polar surface area (TPSA) is 61.9 Å². The Kier molecular flexibility index (Phi) is 7.64. The molecule has 2 amide bonds. The maximum absolute atomic E-state index is 12.5. The first kappa shape index (κ1) is 20.9. The van der Waals surface area contributed by atoms with Crippen LogP contribution in [0, 0.1) is 0 Å². The fraction of sp³-hybridized carbons (Fsp3) is 0.391. The number of rotatable bonds is 8. The molecule has 0 atom stereocenters. The molecule has 0 saturated carbocycles. The zero-order chi connectivity index (χ0) is 20.5. The van der Waals surface area contributed by atoms with E-state index in [1.165, 1.54) is 12.5 Å². The van der Waals surface area contributed by atoms with Gasteiger partial charge in [-0.2, -0.15) is 0 Å². The third-order valence-electron chi connectivity index (χ3n) is 5.01. The van der Waals surface area contributed by atoms with Crippen LogP contribution in [0.4, 0.5) is 11.4 Å². The molecule has 3 rings (SSSR count). The van der Waals surface area contributed by atoms with Gasteiger partial charge in [0.05, 0.1) is 24.6 Å².